The summed E-state index contributed by atoms with van der Waals surface area (Å²) in [5.74, 6) is 1.44. The standard InChI is InChI=1S/C20H35N5O2S.HI/c1-16-7-10-25(11-8-16)17(18-6-5-13-28-18)14-22-20(21-9-12-27-4)23-15-19(26)24(2)3;/h5-6,13,16-17H,7-12,14-15H2,1-4H3,(H2,21,22,23);1H. The van der Waals surface area contributed by atoms with Crippen LogP contribution in [0.5, 0.6) is 0 Å². The van der Waals surface area contributed by atoms with Crippen LogP contribution in [-0.4, -0.2) is 82.2 Å². The third kappa shape index (κ3) is 9.18. The number of aliphatic imine (C=N–C) groups is 1. The molecule has 0 radical (unpaired) electrons. The SMILES string of the molecule is COCCNC(=NCC(=O)N(C)C)NCC(c1cccs1)N1CCC(C)CC1.I. The summed E-state index contributed by atoms with van der Waals surface area (Å²) in [6.07, 6.45) is 2.48. The van der Waals surface area contributed by atoms with Gasteiger partial charge in [0.15, 0.2) is 5.96 Å². The Morgan fingerprint density at radius 1 is 1.38 bits per heavy atom. The maximum Gasteiger partial charge on any atom is 0.243 e. The zero-order valence-electron chi connectivity index (χ0n) is 18.0. The van der Waals surface area contributed by atoms with Gasteiger partial charge < -0.3 is 20.3 Å². The number of amides is 1. The van der Waals surface area contributed by atoms with E-state index in [1.807, 2.05) is 0 Å². The Hall–Kier alpha value is -0.910. The molecule has 0 aliphatic carbocycles. The molecule has 7 nitrogen and oxygen atoms in total. The minimum atomic E-state index is -0.0207. The number of methoxy groups -OCH3 is 1. The van der Waals surface area contributed by atoms with E-state index in [0.717, 1.165) is 25.6 Å². The molecule has 2 rings (SSSR count). The molecule has 1 aliphatic heterocycles. The zero-order valence-corrected chi connectivity index (χ0v) is 21.2. The molecule has 0 saturated carbocycles. The molecule has 1 aromatic rings. The van der Waals surface area contributed by atoms with Crippen LogP contribution in [-0.2, 0) is 9.53 Å². The lowest BCUT2D eigenvalue weighted by molar-refractivity contribution is -0.127. The average molecular weight is 538 g/mol. The lowest BCUT2D eigenvalue weighted by Gasteiger charge is -2.36. The second-order valence-corrected chi connectivity index (χ2v) is 8.48. The van der Waals surface area contributed by atoms with Crippen LogP contribution in [0.3, 0.4) is 0 Å². The summed E-state index contributed by atoms with van der Waals surface area (Å²) in [6, 6.07) is 4.63. The number of ether oxygens (including phenoxy) is 1. The topological polar surface area (TPSA) is 69.2 Å². The number of thiophene rings is 1. The van der Waals surface area contributed by atoms with Gasteiger partial charge >= 0.3 is 0 Å². The highest BCUT2D eigenvalue weighted by Gasteiger charge is 2.25. The lowest BCUT2D eigenvalue weighted by atomic mass is 9.97. The highest BCUT2D eigenvalue weighted by atomic mass is 127. The molecule has 29 heavy (non-hydrogen) atoms. The summed E-state index contributed by atoms with van der Waals surface area (Å²) in [7, 11) is 5.16. The number of piperidine rings is 1. The highest BCUT2D eigenvalue weighted by molar-refractivity contribution is 14.0. The largest absolute Gasteiger partial charge is 0.383 e. The zero-order chi connectivity index (χ0) is 20.4. The van der Waals surface area contributed by atoms with Crippen LogP contribution in [0.4, 0.5) is 0 Å². The van der Waals surface area contributed by atoms with Crippen molar-refractivity contribution in [3.05, 3.63) is 22.4 Å². The Morgan fingerprint density at radius 2 is 2.10 bits per heavy atom. The Morgan fingerprint density at radius 3 is 2.69 bits per heavy atom. The van der Waals surface area contributed by atoms with Crippen LogP contribution < -0.4 is 10.6 Å². The number of carbonyl (C=O) groups excluding carboxylic acids is 1. The molecule has 0 spiro atoms. The number of hydrogen-bond acceptors (Lipinski definition) is 5. The molecule has 1 aliphatic rings. The van der Waals surface area contributed by atoms with Gasteiger partial charge in [-0.3, -0.25) is 9.69 Å². The van der Waals surface area contributed by atoms with Crippen molar-refractivity contribution >= 4 is 47.2 Å². The third-order valence-electron chi connectivity index (χ3n) is 5.06. The van der Waals surface area contributed by atoms with Crippen molar-refractivity contribution in [3.63, 3.8) is 0 Å². The molecule has 2 N–H and O–H groups in total. The van der Waals surface area contributed by atoms with Crippen molar-refractivity contribution in [3.8, 4) is 0 Å². The van der Waals surface area contributed by atoms with Crippen LogP contribution in [0.1, 0.15) is 30.7 Å². The summed E-state index contributed by atoms with van der Waals surface area (Å²) in [4.78, 5) is 21.9. The second kappa shape index (κ2) is 14.2. The smallest absolute Gasteiger partial charge is 0.243 e. The minimum absolute atomic E-state index is 0. The van der Waals surface area contributed by atoms with E-state index in [9.17, 15) is 4.79 Å². The Balaban J connectivity index is 0.00000420. The van der Waals surface area contributed by atoms with Gasteiger partial charge in [-0.2, -0.15) is 0 Å². The molecule has 0 bridgehead atoms. The Kier molecular flexibility index (Phi) is 12.8. The summed E-state index contributed by atoms with van der Waals surface area (Å²) in [6.45, 7) is 6.68. The van der Waals surface area contributed by atoms with E-state index >= 15 is 0 Å². The number of nitrogens with zero attached hydrogens (tertiary/aromatic N) is 3. The maximum atomic E-state index is 11.9. The predicted molar refractivity (Wildman–Crippen MR) is 131 cm³/mol. The third-order valence-corrected chi connectivity index (χ3v) is 6.04. The molecule has 2 heterocycles. The van der Waals surface area contributed by atoms with Crippen LogP contribution in [0.25, 0.3) is 0 Å². The van der Waals surface area contributed by atoms with E-state index in [1.165, 1.54) is 17.7 Å². The molecule has 1 saturated heterocycles. The van der Waals surface area contributed by atoms with E-state index in [4.69, 9.17) is 4.74 Å². The minimum Gasteiger partial charge on any atom is -0.383 e. The van der Waals surface area contributed by atoms with Crippen LogP contribution in [0.15, 0.2) is 22.5 Å². The fourth-order valence-corrected chi connectivity index (χ4v) is 4.02. The molecule has 0 aromatic carbocycles. The van der Waals surface area contributed by atoms with Gasteiger partial charge in [-0.15, -0.1) is 35.3 Å². The summed E-state index contributed by atoms with van der Waals surface area (Å²) < 4.78 is 5.12. The number of rotatable bonds is 9. The van der Waals surface area contributed by atoms with Gasteiger partial charge in [0.1, 0.15) is 6.54 Å². The van der Waals surface area contributed by atoms with Crippen molar-refractivity contribution < 1.29 is 9.53 Å². The number of halogens is 1. The lowest BCUT2D eigenvalue weighted by Crippen LogP contribution is -2.46. The number of likely N-dealkylation sites (tertiary alicyclic amines) is 1. The second-order valence-electron chi connectivity index (χ2n) is 7.50. The molecular weight excluding hydrogens is 501 g/mol. The normalized spacial score (nSPS) is 16.8. The fraction of sp³-hybridized carbons (Fsp3) is 0.700. The molecular formula is C20H36IN5O2S. The number of hydrogen-bond donors (Lipinski definition) is 2. The quantitative estimate of drug-likeness (QED) is 0.219. The van der Waals surface area contributed by atoms with Crippen molar-refractivity contribution in [2.75, 3.05) is 60.5 Å². The highest BCUT2D eigenvalue weighted by Crippen LogP contribution is 2.28. The first-order valence-electron chi connectivity index (χ1n) is 10.00. The number of nitrogens with one attached hydrogen (secondary N) is 2. The monoisotopic (exact) mass is 537 g/mol. The molecule has 1 amide bonds. The Bertz CT molecular complexity index is 604. The van der Waals surface area contributed by atoms with E-state index < -0.39 is 0 Å². The van der Waals surface area contributed by atoms with Gasteiger partial charge in [0, 0.05) is 39.2 Å². The van der Waals surface area contributed by atoms with Crippen LogP contribution in [0, 0.1) is 5.92 Å². The van der Waals surface area contributed by atoms with Gasteiger partial charge in [0.2, 0.25) is 5.91 Å². The van der Waals surface area contributed by atoms with Gasteiger partial charge in [-0.1, -0.05) is 13.0 Å². The number of carbonyl (C=O) groups is 1. The predicted octanol–water partition coefficient (Wildman–Crippen LogP) is 2.41. The average Bonchev–Trinajstić information content (AvgIpc) is 3.21. The van der Waals surface area contributed by atoms with Crippen molar-refractivity contribution in [2.45, 2.75) is 25.8 Å². The van der Waals surface area contributed by atoms with Gasteiger partial charge in [0.25, 0.3) is 0 Å². The summed E-state index contributed by atoms with van der Waals surface area (Å²) >= 11 is 1.80. The van der Waals surface area contributed by atoms with Gasteiger partial charge in [0.05, 0.1) is 12.6 Å². The van der Waals surface area contributed by atoms with E-state index in [0.29, 0.717) is 25.2 Å². The molecule has 1 unspecified atom stereocenters. The van der Waals surface area contributed by atoms with E-state index in [2.05, 4.69) is 45.0 Å². The number of guanidine groups is 1. The molecule has 1 fully saturated rings. The summed E-state index contributed by atoms with van der Waals surface area (Å²) in [5.41, 5.74) is 0. The van der Waals surface area contributed by atoms with Crippen molar-refractivity contribution in [1.82, 2.24) is 20.4 Å². The summed E-state index contributed by atoms with van der Waals surface area (Å²) in [5, 5.41) is 8.84. The Labute approximate surface area is 196 Å². The first kappa shape index (κ1) is 26.1. The van der Waals surface area contributed by atoms with E-state index in [-0.39, 0.29) is 36.4 Å². The molecule has 9 heteroatoms. The maximum absolute atomic E-state index is 11.9. The molecule has 1 aromatic heterocycles. The van der Waals surface area contributed by atoms with Crippen molar-refractivity contribution in [2.24, 2.45) is 10.9 Å². The molecule has 166 valence electrons. The first-order chi connectivity index (χ1) is 13.5. The van der Waals surface area contributed by atoms with Gasteiger partial charge in [-0.25, -0.2) is 4.99 Å². The van der Waals surface area contributed by atoms with Crippen LogP contribution in [0.2, 0.25) is 0 Å². The van der Waals surface area contributed by atoms with E-state index in [1.54, 1.807) is 37.4 Å². The van der Waals surface area contributed by atoms with Gasteiger partial charge in [-0.05, 0) is 43.3 Å². The fourth-order valence-electron chi connectivity index (χ4n) is 3.16. The van der Waals surface area contributed by atoms with Crippen molar-refractivity contribution in [1.29, 1.82) is 0 Å². The number of likely N-dealkylation sites (N-methyl/N-ethyl adjacent to an activating group) is 1. The first-order valence-corrected chi connectivity index (χ1v) is 10.9. The molecule has 1 atom stereocenters. The van der Waals surface area contributed by atoms with Crippen LogP contribution >= 0.6 is 35.3 Å².